The minimum Gasteiger partial charge on any atom is -0.462 e. The van der Waals surface area contributed by atoms with Gasteiger partial charge in [0.2, 0.25) is 5.91 Å². The van der Waals surface area contributed by atoms with Crippen LogP contribution in [0.4, 0.5) is 10.7 Å². The Hall–Kier alpha value is -2.67. The quantitative estimate of drug-likeness (QED) is 0.501. The molecule has 2 amide bonds. The van der Waals surface area contributed by atoms with Crippen LogP contribution in [0, 0.1) is 37.0 Å². The number of rotatable bonds is 6. The molecule has 2 aromatic rings. The predicted molar refractivity (Wildman–Crippen MR) is 133 cm³/mol. The first-order valence-electron chi connectivity index (χ1n) is 12.3. The number of esters is 1. The van der Waals surface area contributed by atoms with E-state index in [-0.39, 0.29) is 23.8 Å². The molecule has 0 aliphatic heterocycles. The maximum atomic E-state index is 13.7. The summed E-state index contributed by atoms with van der Waals surface area (Å²) in [5.41, 5.74) is 2.15. The molecule has 34 heavy (non-hydrogen) atoms. The van der Waals surface area contributed by atoms with E-state index in [2.05, 4.69) is 10.6 Å². The number of para-hydroxylation sites is 1. The highest BCUT2D eigenvalue weighted by atomic mass is 32.1. The fraction of sp³-hybridized carbons (Fsp3) is 0.519. The molecule has 1 aromatic carbocycles. The highest BCUT2D eigenvalue weighted by Crippen LogP contribution is 2.60. The molecule has 4 fully saturated rings. The third-order valence-electron chi connectivity index (χ3n) is 7.97. The summed E-state index contributed by atoms with van der Waals surface area (Å²) in [5.74, 6) is 1.13. The van der Waals surface area contributed by atoms with Gasteiger partial charge in [-0.05, 0) is 94.2 Å². The average Bonchev–Trinajstić information content (AvgIpc) is 3.10. The van der Waals surface area contributed by atoms with Crippen LogP contribution in [0.3, 0.4) is 0 Å². The first kappa shape index (κ1) is 23.1. The van der Waals surface area contributed by atoms with Gasteiger partial charge in [-0.25, -0.2) is 4.79 Å². The smallest absolute Gasteiger partial charge is 0.341 e. The zero-order chi connectivity index (χ0) is 24.0. The van der Waals surface area contributed by atoms with Gasteiger partial charge in [0.1, 0.15) is 5.00 Å². The van der Waals surface area contributed by atoms with Gasteiger partial charge in [-0.15, -0.1) is 11.3 Å². The maximum Gasteiger partial charge on any atom is 0.341 e. The second-order valence-electron chi connectivity index (χ2n) is 10.4. The predicted octanol–water partition coefficient (Wildman–Crippen LogP) is 5.95. The number of amides is 2. The molecule has 0 saturated heterocycles. The lowest BCUT2D eigenvalue weighted by Gasteiger charge is -2.55. The molecule has 6 nitrogen and oxygen atoms in total. The SMILES string of the molecule is CCOC(=O)c1c(NC(=O)C23CC4CC(CC(C4)C2)C3)sc(C(=O)Nc2ccccc2C)c1C. The lowest BCUT2D eigenvalue weighted by molar-refractivity contribution is -0.140. The van der Waals surface area contributed by atoms with E-state index in [0.717, 1.165) is 41.9 Å². The number of carbonyl (C=O) groups excluding carboxylic acids is 3. The Morgan fingerprint density at radius 3 is 2.21 bits per heavy atom. The number of ether oxygens (including phenoxy) is 1. The van der Waals surface area contributed by atoms with Crippen LogP contribution < -0.4 is 10.6 Å². The number of hydrogen-bond donors (Lipinski definition) is 2. The Bertz CT molecular complexity index is 1120. The molecule has 0 radical (unpaired) electrons. The van der Waals surface area contributed by atoms with Crippen molar-refractivity contribution in [3.8, 4) is 0 Å². The van der Waals surface area contributed by atoms with Gasteiger partial charge in [0.05, 0.1) is 22.5 Å². The third-order valence-corrected chi connectivity index (χ3v) is 9.18. The maximum absolute atomic E-state index is 13.7. The van der Waals surface area contributed by atoms with Crippen LogP contribution in [-0.4, -0.2) is 24.4 Å². The molecule has 0 atom stereocenters. The minimum atomic E-state index is -0.507. The molecule has 4 bridgehead atoms. The number of benzene rings is 1. The van der Waals surface area contributed by atoms with E-state index in [1.54, 1.807) is 13.8 Å². The van der Waals surface area contributed by atoms with Crippen molar-refractivity contribution in [3.63, 3.8) is 0 Å². The lowest BCUT2D eigenvalue weighted by atomic mass is 9.49. The van der Waals surface area contributed by atoms with E-state index in [4.69, 9.17) is 4.74 Å². The summed E-state index contributed by atoms with van der Waals surface area (Å²) in [6, 6.07) is 7.56. The van der Waals surface area contributed by atoms with Gasteiger partial charge >= 0.3 is 5.97 Å². The van der Waals surface area contributed by atoms with Gasteiger partial charge in [-0.3, -0.25) is 9.59 Å². The van der Waals surface area contributed by atoms with Crippen molar-refractivity contribution < 1.29 is 19.1 Å². The molecule has 0 spiro atoms. The van der Waals surface area contributed by atoms with Crippen molar-refractivity contribution in [1.29, 1.82) is 0 Å². The summed E-state index contributed by atoms with van der Waals surface area (Å²) in [6.07, 6.45) is 6.56. The largest absolute Gasteiger partial charge is 0.462 e. The normalized spacial score (nSPS) is 26.9. The molecule has 4 saturated carbocycles. The Morgan fingerprint density at radius 1 is 1.00 bits per heavy atom. The molecule has 4 aliphatic carbocycles. The van der Waals surface area contributed by atoms with Crippen LogP contribution >= 0.6 is 11.3 Å². The first-order valence-corrected chi connectivity index (χ1v) is 13.1. The summed E-state index contributed by atoms with van der Waals surface area (Å²) in [6.45, 7) is 5.65. The summed E-state index contributed by atoms with van der Waals surface area (Å²) in [7, 11) is 0. The number of hydrogen-bond acceptors (Lipinski definition) is 5. The van der Waals surface area contributed by atoms with Crippen molar-refractivity contribution in [2.75, 3.05) is 17.2 Å². The molecule has 1 heterocycles. The molecule has 6 rings (SSSR count). The number of thiophene rings is 1. The molecular formula is C27H32N2O4S. The fourth-order valence-corrected chi connectivity index (χ4v) is 7.87. The lowest BCUT2D eigenvalue weighted by Crippen LogP contribution is -2.51. The standard InChI is InChI=1S/C27H32N2O4S/c1-4-33-25(31)21-16(3)22(23(30)28-20-8-6-5-7-15(20)2)34-24(21)29-26(32)27-12-17-9-18(13-27)11-19(10-17)14-27/h5-8,17-19H,4,9-14H2,1-3H3,(H,28,30)(H,29,32). The summed E-state index contributed by atoms with van der Waals surface area (Å²) in [5, 5.41) is 6.47. The van der Waals surface area contributed by atoms with Crippen LogP contribution in [0.1, 0.15) is 76.6 Å². The third kappa shape index (κ3) is 4.04. The average molecular weight is 481 g/mol. The Labute approximate surface area is 204 Å². The number of nitrogens with one attached hydrogen (secondary N) is 2. The first-order chi connectivity index (χ1) is 16.3. The second-order valence-corrected chi connectivity index (χ2v) is 11.4. The van der Waals surface area contributed by atoms with Crippen LogP contribution in [0.25, 0.3) is 0 Å². The Kier molecular flexibility index (Phi) is 6.00. The fourth-order valence-electron chi connectivity index (χ4n) is 6.78. The van der Waals surface area contributed by atoms with Crippen LogP contribution in [-0.2, 0) is 9.53 Å². The van der Waals surface area contributed by atoms with Crippen LogP contribution in [0.5, 0.6) is 0 Å². The number of anilines is 2. The van der Waals surface area contributed by atoms with Crippen LogP contribution in [0.2, 0.25) is 0 Å². The summed E-state index contributed by atoms with van der Waals surface area (Å²) >= 11 is 1.16. The molecule has 1 aromatic heterocycles. The highest BCUT2D eigenvalue weighted by molar-refractivity contribution is 7.19. The Morgan fingerprint density at radius 2 is 1.62 bits per heavy atom. The molecule has 2 N–H and O–H groups in total. The second kappa shape index (κ2) is 8.84. The van der Waals surface area contributed by atoms with Crippen molar-refractivity contribution in [1.82, 2.24) is 0 Å². The molecule has 7 heteroatoms. The van der Waals surface area contributed by atoms with E-state index in [9.17, 15) is 14.4 Å². The van der Waals surface area contributed by atoms with Gasteiger partial charge in [0.25, 0.3) is 5.91 Å². The molecule has 4 aliphatic rings. The topological polar surface area (TPSA) is 84.5 Å². The van der Waals surface area contributed by atoms with E-state index in [1.165, 1.54) is 19.3 Å². The number of carbonyl (C=O) groups is 3. The minimum absolute atomic E-state index is 0.00394. The summed E-state index contributed by atoms with van der Waals surface area (Å²) < 4.78 is 5.30. The zero-order valence-corrected chi connectivity index (χ0v) is 20.8. The monoisotopic (exact) mass is 480 g/mol. The molecular weight excluding hydrogens is 448 g/mol. The van der Waals surface area contributed by atoms with Crippen molar-refractivity contribution in [2.24, 2.45) is 23.2 Å². The van der Waals surface area contributed by atoms with E-state index < -0.39 is 5.97 Å². The van der Waals surface area contributed by atoms with Gasteiger partial charge in [-0.1, -0.05) is 18.2 Å². The van der Waals surface area contributed by atoms with Gasteiger partial charge < -0.3 is 15.4 Å². The van der Waals surface area contributed by atoms with Crippen molar-refractivity contribution in [2.45, 2.75) is 59.3 Å². The van der Waals surface area contributed by atoms with Gasteiger partial charge in [0.15, 0.2) is 0 Å². The van der Waals surface area contributed by atoms with Gasteiger partial charge in [0, 0.05) is 5.69 Å². The summed E-state index contributed by atoms with van der Waals surface area (Å²) in [4.78, 5) is 40.1. The highest BCUT2D eigenvalue weighted by Gasteiger charge is 2.54. The van der Waals surface area contributed by atoms with Crippen molar-refractivity contribution >= 4 is 39.8 Å². The van der Waals surface area contributed by atoms with Gasteiger partial charge in [-0.2, -0.15) is 0 Å². The molecule has 180 valence electrons. The van der Waals surface area contributed by atoms with E-state index in [0.29, 0.717) is 38.8 Å². The van der Waals surface area contributed by atoms with E-state index in [1.807, 2.05) is 31.2 Å². The molecule has 0 unspecified atom stereocenters. The van der Waals surface area contributed by atoms with Crippen molar-refractivity contribution in [3.05, 3.63) is 45.8 Å². The zero-order valence-electron chi connectivity index (χ0n) is 20.0. The van der Waals surface area contributed by atoms with E-state index >= 15 is 0 Å². The van der Waals surface area contributed by atoms with Crippen LogP contribution in [0.15, 0.2) is 24.3 Å². The number of aryl methyl sites for hydroxylation is 1. The Balaban J connectivity index is 1.44.